The van der Waals surface area contributed by atoms with Crippen LogP contribution in [0, 0.1) is 6.92 Å². The van der Waals surface area contributed by atoms with Gasteiger partial charge in [0.25, 0.3) is 0 Å². The summed E-state index contributed by atoms with van der Waals surface area (Å²) in [5.74, 6) is 0. The number of piperidine rings is 1. The number of ether oxygens (including phenoxy) is 1. The van der Waals surface area contributed by atoms with E-state index in [0.717, 1.165) is 50.2 Å². The Bertz CT molecular complexity index is 590. The van der Waals surface area contributed by atoms with Gasteiger partial charge < -0.3 is 4.74 Å². The summed E-state index contributed by atoms with van der Waals surface area (Å²) in [7, 11) is 0. The van der Waals surface area contributed by atoms with Gasteiger partial charge in [0.1, 0.15) is 6.10 Å². The van der Waals surface area contributed by atoms with E-state index in [4.69, 9.17) is 4.74 Å². The lowest BCUT2D eigenvalue weighted by atomic mass is 10.1. The average molecular weight is 318 g/mol. The lowest BCUT2D eigenvalue weighted by Gasteiger charge is -2.31. The molecule has 0 amide bonds. The first-order valence-corrected chi connectivity index (χ1v) is 8.71. The third-order valence-corrected chi connectivity index (χ3v) is 5.03. The van der Waals surface area contributed by atoms with Gasteiger partial charge in [-0.05, 0) is 31.7 Å². The molecule has 0 unspecified atom stereocenters. The van der Waals surface area contributed by atoms with E-state index in [0.29, 0.717) is 6.01 Å². The van der Waals surface area contributed by atoms with Crippen LogP contribution in [0.2, 0.25) is 0 Å². The molecule has 22 heavy (non-hydrogen) atoms. The molecule has 0 saturated carbocycles. The minimum absolute atomic E-state index is 0.228. The van der Waals surface area contributed by atoms with Gasteiger partial charge in [0.2, 0.25) is 0 Å². The molecule has 1 aliphatic heterocycles. The molecular weight excluding hydrogens is 296 g/mol. The maximum atomic E-state index is 5.90. The molecule has 6 heteroatoms. The smallest absolute Gasteiger partial charge is 0.316 e. The number of rotatable bonds is 5. The molecule has 0 bridgehead atoms. The van der Waals surface area contributed by atoms with Crippen molar-refractivity contribution in [3.05, 3.63) is 34.0 Å². The van der Waals surface area contributed by atoms with Crippen LogP contribution in [0.15, 0.2) is 17.9 Å². The van der Waals surface area contributed by atoms with E-state index in [1.54, 1.807) is 11.3 Å². The zero-order chi connectivity index (χ0) is 15.4. The average Bonchev–Trinajstić information content (AvgIpc) is 2.95. The molecule has 0 spiro atoms. The van der Waals surface area contributed by atoms with Crippen molar-refractivity contribution < 1.29 is 4.74 Å². The summed E-state index contributed by atoms with van der Waals surface area (Å²) >= 11 is 1.75. The number of nitrogens with zero attached hydrogens (tertiary/aromatic N) is 4. The molecule has 0 aromatic carbocycles. The predicted molar refractivity (Wildman–Crippen MR) is 87.2 cm³/mol. The standard InChI is InChI=1S/C16H22N4OS/c1-3-13-8-17-16(18-9-13)21-14-4-6-20(7-5-14)10-15-12(2)19-11-22-15/h8-9,11,14H,3-7,10H2,1-2H3. The van der Waals surface area contributed by atoms with Crippen molar-refractivity contribution in [3.8, 4) is 6.01 Å². The second-order valence-corrected chi connectivity index (χ2v) is 6.62. The van der Waals surface area contributed by atoms with Crippen molar-refractivity contribution in [2.24, 2.45) is 0 Å². The second-order valence-electron chi connectivity index (χ2n) is 5.68. The number of thiazole rings is 1. The zero-order valence-corrected chi connectivity index (χ0v) is 14.0. The van der Waals surface area contributed by atoms with E-state index in [2.05, 4.69) is 33.7 Å². The summed E-state index contributed by atoms with van der Waals surface area (Å²) in [6.07, 6.45) is 6.93. The molecule has 0 radical (unpaired) electrons. The van der Waals surface area contributed by atoms with Gasteiger partial charge >= 0.3 is 6.01 Å². The van der Waals surface area contributed by atoms with Crippen molar-refractivity contribution in [1.82, 2.24) is 19.9 Å². The first kappa shape index (κ1) is 15.4. The SMILES string of the molecule is CCc1cnc(OC2CCN(Cc3scnc3C)CC2)nc1. The van der Waals surface area contributed by atoms with Crippen molar-refractivity contribution in [1.29, 1.82) is 0 Å². The van der Waals surface area contributed by atoms with E-state index in [-0.39, 0.29) is 6.10 Å². The predicted octanol–water partition coefficient (Wildman–Crippen LogP) is 2.85. The molecule has 2 aromatic heterocycles. The monoisotopic (exact) mass is 318 g/mol. The van der Waals surface area contributed by atoms with E-state index < -0.39 is 0 Å². The highest BCUT2D eigenvalue weighted by Crippen LogP contribution is 2.20. The minimum atomic E-state index is 0.228. The quantitative estimate of drug-likeness (QED) is 0.848. The summed E-state index contributed by atoms with van der Waals surface area (Å²) in [6.45, 7) is 7.29. The highest BCUT2D eigenvalue weighted by molar-refractivity contribution is 7.09. The van der Waals surface area contributed by atoms with Crippen LogP contribution in [0.1, 0.15) is 35.9 Å². The van der Waals surface area contributed by atoms with E-state index in [1.807, 2.05) is 17.9 Å². The number of aryl methyl sites for hydroxylation is 2. The van der Waals surface area contributed by atoms with Crippen molar-refractivity contribution in [2.45, 2.75) is 45.8 Å². The van der Waals surface area contributed by atoms with Crippen molar-refractivity contribution >= 4 is 11.3 Å². The Morgan fingerprint density at radius 2 is 1.95 bits per heavy atom. The van der Waals surface area contributed by atoms with Gasteiger partial charge in [0, 0.05) is 36.9 Å². The van der Waals surface area contributed by atoms with E-state index in [9.17, 15) is 0 Å². The Labute approximate surface area is 135 Å². The van der Waals surface area contributed by atoms with Crippen LogP contribution < -0.4 is 4.74 Å². The highest BCUT2D eigenvalue weighted by atomic mass is 32.1. The maximum absolute atomic E-state index is 5.90. The number of hydrogen-bond donors (Lipinski definition) is 0. The molecule has 0 atom stereocenters. The van der Waals surface area contributed by atoms with Crippen LogP contribution in [0.25, 0.3) is 0 Å². The molecule has 1 fully saturated rings. The Hall–Kier alpha value is -1.53. The molecule has 118 valence electrons. The molecular formula is C16H22N4OS. The fourth-order valence-corrected chi connectivity index (χ4v) is 3.42. The van der Waals surface area contributed by atoms with Gasteiger partial charge in [0.15, 0.2) is 0 Å². The van der Waals surface area contributed by atoms with Crippen LogP contribution in [0.4, 0.5) is 0 Å². The van der Waals surface area contributed by atoms with Gasteiger partial charge in [-0.2, -0.15) is 0 Å². The zero-order valence-electron chi connectivity index (χ0n) is 13.2. The van der Waals surface area contributed by atoms with Crippen molar-refractivity contribution in [2.75, 3.05) is 13.1 Å². The Balaban J connectivity index is 1.48. The molecule has 1 saturated heterocycles. The van der Waals surface area contributed by atoms with Crippen molar-refractivity contribution in [3.63, 3.8) is 0 Å². The fourth-order valence-electron chi connectivity index (χ4n) is 2.60. The second kappa shape index (κ2) is 7.15. The van der Waals surface area contributed by atoms with Crippen LogP contribution in [-0.2, 0) is 13.0 Å². The normalized spacial score (nSPS) is 16.8. The van der Waals surface area contributed by atoms with E-state index >= 15 is 0 Å². The molecule has 3 rings (SSSR count). The molecule has 0 aliphatic carbocycles. The van der Waals surface area contributed by atoms with Gasteiger partial charge in [-0.1, -0.05) is 6.92 Å². The lowest BCUT2D eigenvalue weighted by Crippen LogP contribution is -2.38. The Morgan fingerprint density at radius 3 is 2.55 bits per heavy atom. The summed E-state index contributed by atoms with van der Waals surface area (Å²) in [4.78, 5) is 16.7. The first-order valence-electron chi connectivity index (χ1n) is 7.83. The van der Waals surface area contributed by atoms with Crippen LogP contribution in [-0.4, -0.2) is 39.0 Å². The number of likely N-dealkylation sites (tertiary alicyclic amines) is 1. The van der Waals surface area contributed by atoms with Crippen LogP contribution in [0.3, 0.4) is 0 Å². The lowest BCUT2D eigenvalue weighted by molar-refractivity contribution is 0.0896. The molecule has 0 N–H and O–H groups in total. The fraction of sp³-hybridized carbons (Fsp3) is 0.562. The highest BCUT2D eigenvalue weighted by Gasteiger charge is 2.22. The number of hydrogen-bond acceptors (Lipinski definition) is 6. The summed E-state index contributed by atoms with van der Waals surface area (Å²) < 4.78 is 5.90. The summed E-state index contributed by atoms with van der Waals surface area (Å²) in [5.41, 5.74) is 4.23. The third-order valence-electron chi connectivity index (χ3n) is 4.11. The molecule has 2 aromatic rings. The topological polar surface area (TPSA) is 51.1 Å². The third kappa shape index (κ3) is 3.81. The van der Waals surface area contributed by atoms with Gasteiger partial charge in [-0.3, -0.25) is 4.90 Å². The van der Waals surface area contributed by atoms with Gasteiger partial charge in [-0.25, -0.2) is 15.0 Å². The molecule has 3 heterocycles. The maximum Gasteiger partial charge on any atom is 0.316 e. The summed E-state index contributed by atoms with van der Waals surface area (Å²) in [5, 5.41) is 0. The largest absolute Gasteiger partial charge is 0.460 e. The summed E-state index contributed by atoms with van der Waals surface area (Å²) in [6, 6.07) is 0.508. The van der Waals surface area contributed by atoms with Crippen LogP contribution >= 0.6 is 11.3 Å². The van der Waals surface area contributed by atoms with E-state index in [1.165, 1.54) is 4.88 Å². The molecule has 1 aliphatic rings. The first-order chi connectivity index (χ1) is 10.7. The Kier molecular flexibility index (Phi) is 5.00. The van der Waals surface area contributed by atoms with Crippen LogP contribution in [0.5, 0.6) is 6.01 Å². The molecule has 5 nitrogen and oxygen atoms in total. The minimum Gasteiger partial charge on any atom is -0.460 e. The van der Waals surface area contributed by atoms with Gasteiger partial charge in [0.05, 0.1) is 11.2 Å². The Morgan fingerprint density at radius 1 is 1.23 bits per heavy atom. The number of aromatic nitrogens is 3. The van der Waals surface area contributed by atoms with Gasteiger partial charge in [-0.15, -0.1) is 11.3 Å².